The van der Waals surface area contributed by atoms with E-state index in [4.69, 9.17) is 14.2 Å². The van der Waals surface area contributed by atoms with Crippen LogP contribution in [0.25, 0.3) is 0 Å². The SMILES string of the molecule is COC(=O)C1(c2ccccc2)NC(c2ccc(OC)cc2OC)C2C(=O)N(c3ccc(F)cc3)C(=O)C21. The van der Waals surface area contributed by atoms with E-state index in [0.29, 0.717) is 22.6 Å². The van der Waals surface area contributed by atoms with Crippen LogP contribution < -0.4 is 19.7 Å². The second-order valence-corrected chi connectivity index (χ2v) is 8.89. The van der Waals surface area contributed by atoms with Gasteiger partial charge < -0.3 is 14.2 Å². The van der Waals surface area contributed by atoms with Gasteiger partial charge in [0.05, 0.1) is 38.9 Å². The highest BCUT2D eigenvalue weighted by atomic mass is 19.1. The molecule has 2 aliphatic rings. The number of benzene rings is 3. The highest BCUT2D eigenvalue weighted by Crippen LogP contribution is 2.55. The summed E-state index contributed by atoms with van der Waals surface area (Å²) in [6.45, 7) is 0. The highest BCUT2D eigenvalue weighted by molar-refractivity contribution is 6.24. The second kappa shape index (κ2) is 9.33. The predicted octanol–water partition coefficient (Wildman–Crippen LogP) is 3.36. The van der Waals surface area contributed by atoms with Crippen LogP contribution in [0.15, 0.2) is 72.8 Å². The van der Waals surface area contributed by atoms with Gasteiger partial charge in [-0.05, 0) is 35.9 Å². The highest BCUT2D eigenvalue weighted by Gasteiger charge is 2.70. The minimum absolute atomic E-state index is 0.220. The summed E-state index contributed by atoms with van der Waals surface area (Å²) in [5.74, 6) is -3.47. The van der Waals surface area contributed by atoms with E-state index in [0.717, 1.165) is 4.90 Å². The maximum atomic E-state index is 14.0. The molecule has 3 aromatic carbocycles. The summed E-state index contributed by atoms with van der Waals surface area (Å²) < 4.78 is 29.8. The number of hydrogen-bond acceptors (Lipinski definition) is 7. The van der Waals surface area contributed by atoms with Crippen molar-refractivity contribution in [3.63, 3.8) is 0 Å². The fourth-order valence-corrected chi connectivity index (χ4v) is 5.53. The van der Waals surface area contributed by atoms with Crippen molar-refractivity contribution in [2.24, 2.45) is 11.8 Å². The van der Waals surface area contributed by atoms with Crippen LogP contribution in [0.3, 0.4) is 0 Å². The number of ether oxygens (including phenoxy) is 3. The van der Waals surface area contributed by atoms with E-state index in [2.05, 4.69) is 5.32 Å². The fraction of sp³-hybridized carbons (Fsp3) is 0.250. The van der Waals surface area contributed by atoms with Crippen LogP contribution in [-0.2, 0) is 24.7 Å². The number of nitrogens with zero attached hydrogens (tertiary/aromatic N) is 1. The van der Waals surface area contributed by atoms with Crippen LogP contribution in [0, 0.1) is 17.7 Å². The third kappa shape index (κ3) is 3.65. The smallest absolute Gasteiger partial charge is 0.331 e. The van der Waals surface area contributed by atoms with Crippen molar-refractivity contribution >= 4 is 23.5 Å². The van der Waals surface area contributed by atoms with Gasteiger partial charge in [-0.3, -0.25) is 14.9 Å². The summed E-state index contributed by atoms with van der Waals surface area (Å²) in [6.07, 6.45) is 0. The van der Waals surface area contributed by atoms with E-state index < -0.39 is 47.0 Å². The summed E-state index contributed by atoms with van der Waals surface area (Å²) in [5, 5.41) is 3.32. The first kappa shape index (κ1) is 24.5. The zero-order chi connectivity index (χ0) is 26.3. The molecule has 0 bridgehead atoms. The number of rotatable bonds is 6. The first-order valence-electron chi connectivity index (χ1n) is 11.6. The molecule has 3 aromatic rings. The minimum Gasteiger partial charge on any atom is -0.497 e. The number of anilines is 1. The average molecular weight is 505 g/mol. The van der Waals surface area contributed by atoms with Gasteiger partial charge in [0.25, 0.3) is 0 Å². The topological polar surface area (TPSA) is 94.2 Å². The molecule has 190 valence electrons. The number of carbonyl (C=O) groups is 3. The predicted molar refractivity (Wildman–Crippen MR) is 131 cm³/mol. The number of methoxy groups -OCH3 is 3. The van der Waals surface area contributed by atoms with Crippen molar-refractivity contribution in [1.29, 1.82) is 0 Å². The Balaban J connectivity index is 1.74. The Kier molecular flexibility index (Phi) is 6.16. The third-order valence-corrected chi connectivity index (χ3v) is 7.16. The number of carbonyl (C=O) groups excluding carboxylic acids is 3. The first-order valence-corrected chi connectivity index (χ1v) is 11.6. The van der Waals surface area contributed by atoms with Crippen LogP contribution in [-0.4, -0.2) is 39.1 Å². The van der Waals surface area contributed by atoms with Crippen LogP contribution >= 0.6 is 0 Å². The fourth-order valence-electron chi connectivity index (χ4n) is 5.53. The Labute approximate surface area is 212 Å². The molecular formula is C28H25FN2O6. The van der Waals surface area contributed by atoms with E-state index in [1.165, 1.54) is 45.6 Å². The number of fused-ring (bicyclic) bond motifs is 1. The van der Waals surface area contributed by atoms with Gasteiger partial charge in [-0.1, -0.05) is 36.4 Å². The van der Waals surface area contributed by atoms with E-state index in [1.54, 1.807) is 48.5 Å². The molecule has 4 atom stereocenters. The van der Waals surface area contributed by atoms with Gasteiger partial charge in [0.2, 0.25) is 11.8 Å². The summed E-state index contributed by atoms with van der Waals surface area (Å²) in [5.41, 5.74) is -0.397. The Morgan fingerprint density at radius 3 is 2.24 bits per heavy atom. The molecule has 37 heavy (non-hydrogen) atoms. The number of amides is 2. The molecule has 2 saturated heterocycles. The summed E-state index contributed by atoms with van der Waals surface area (Å²) >= 11 is 0. The van der Waals surface area contributed by atoms with E-state index in [-0.39, 0.29) is 5.69 Å². The Hall–Kier alpha value is -4.24. The molecule has 0 saturated carbocycles. The molecule has 2 amide bonds. The lowest BCUT2D eigenvalue weighted by Crippen LogP contribution is -2.53. The lowest BCUT2D eigenvalue weighted by molar-refractivity contribution is -0.152. The van der Waals surface area contributed by atoms with Gasteiger partial charge in [0.1, 0.15) is 17.3 Å². The lowest BCUT2D eigenvalue weighted by Gasteiger charge is -2.33. The lowest BCUT2D eigenvalue weighted by atomic mass is 9.75. The quantitative estimate of drug-likeness (QED) is 0.406. The molecular weight excluding hydrogens is 479 g/mol. The molecule has 0 aliphatic carbocycles. The standard InChI is InChI=1S/C28H25FN2O6/c1-35-19-13-14-20(21(15-19)36-2)24-22-23(26(33)31(25(22)32)18-11-9-17(29)10-12-18)28(30-24,27(34)37-3)16-7-5-4-6-8-16/h4-15,22-24,30H,1-3H3. The summed E-state index contributed by atoms with van der Waals surface area (Å²) in [7, 11) is 4.25. The summed E-state index contributed by atoms with van der Waals surface area (Å²) in [6, 6.07) is 18.1. The third-order valence-electron chi connectivity index (χ3n) is 7.16. The normalized spacial score (nSPS) is 24.6. The molecule has 1 N–H and O–H groups in total. The average Bonchev–Trinajstić information content (AvgIpc) is 3.43. The maximum Gasteiger partial charge on any atom is 0.331 e. The monoisotopic (exact) mass is 504 g/mol. The molecule has 5 rings (SSSR count). The molecule has 0 radical (unpaired) electrons. The van der Waals surface area contributed by atoms with Crippen molar-refractivity contribution in [3.8, 4) is 11.5 Å². The number of imide groups is 1. The van der Waals surface area contributed by atoms with Crippen molar-refractivity contribution in [1.82, 2.24) is 5.32 Å². The van der Waals surface area contributed by atoms with Crippen LogP contribution in [0.5, 0.6) is 11.5 Å². The minimum atomic E-state index is -1.67. The molecule has 8 nitrogen and oxygen atoms in total. The van der Waals surface area contributed by atoms with E-state index in [9.17, 15) is 18.8 Å². The van der Waals surface area contributed by atoms with Crippen molar-refractivity contribution in [3.05, 3.63) is 89.7 Å². The Bertz CT molecular complexity index is 1360. The van der Waals surface area contributed by atoms with Crippen LogP contribution in [0.2, 0.25) is 0 Å². The van der Waals surface area contributed by atoms with Gasteiger partial charge in [-0.25, -0.2) is 14.1 Å². The molecule has 9 heteroatoms. The van der Waals surface area contributed by atoms with Gasteiger partial charge in [0, 0.05) is 17.7 Å². The van der Waals surface area contributed by atoms with Crippen LogP contribution in [0.4, 0.5) is 10.1 Å². The maximum absolute atomic E-state index is 14.0. The zero-order valence-corrected chi connectivity index (χ0v) is 20.4. The molecule has 2 fully saturated rings. The molecule has 2 heterocycles. The molecule has 0 aromatic heterocycles. The molecule has 0 spiro atoms. The van der Waals surface area contributed by atoms with Gasteiger partial charge in [0.15, 0.2) is 5.54 Å². The summed E-state index contributed by atoms with van der Waals surface area (Å²) in [4.78, 5) is 42.6. The van der Waals surface area contributed by atoms with Crippen molar-refractivity contribution < 1.29 is 33.0 Å². The number of esters is 1. The van der Waals surface area contributed by atoms with Crippen LogP contribution in [0.1, 0.15) is 17.2 Å². The zero-order valence-electron chi connectivity index (χ0n) is 20.4. The van der Waals surface area contributed by atoms with Gasteiger partial charge >= 0.3 is 5.97 Å². The van der Waals surface area contributed by atoms with Crippen molar-refractivity contribution in [2.75, 3.05) is 26.2 Å². The largest absolute Gasteiger partial charge is 0.497 e. The number of halogens is 1. The Morgan fingerprint density at radius 1 is 0.919 bits per heavy atom. The first-order chi connectivity index (χ1) is 17.9. The van der Waals surface area contributed by atoms with E-state index in [1.807, 2.05) is 0 Å². The molecule has 4 unspecified atom stereocenters. The van der Waals surface area contributed by atoms with Crippen molar-refractivity contribution in [2.45, 2.75) is 11.6 Å². The second-order valence-electron chi connectivity index (χ2n) is 8.89. The number of nitrogens with one attached hydrogen (secondary N) is 1. The number of hydrogen-bond donors (Lipinski definition) is 1. The molecule has 2 aliphatic heterocycles. The van der Waals surface area contributed by atoms with E-state index >= 15 is 0 Å². The van der Waals surface area contributed by atoms with Gasteiger partial charge in [-0.15, -0.1) is 0 Å². The van der Waals surface area contributed by atoms with Gasteiger partial charge in [-0.2, -0.15) is 0 Å². The Morgan fingerprint density at radius 2 is 1.62 bits per heavy atom.